The van der Waals surface area contributed by atoms with Crippen LogP contribution in [0.4, 0.5) is 4.79 Å². The second kappa shape index (κ2) is 31.9. The molecule has 0 aromatic carbocycles. The van der Waals surface area contributed by atoms with Crippen molar-refractivity contribution in [3.8, 4) is 0 Å². The van der Waals surface area contributed by atoms with Gasteiger partial charge in [-0.05, 0) is 27.2 Å². The number of nitrogens with one attached hydrogen (secondary N) is 1. The van der Waals surface area contributed by atoms with E-state index in [-0.39, 0.29) is 0 Å². The molecule has 0 aromatic heterocycles. The van der Waals surface area contributed by atoms with Gasteiger partial charge in [0.05, 0.1) is 85.9 Å². The van der Waals surface area contributed by atoms with E-state index in [9.17, 15) is 4.79 Å². The van der Waals surface area contributed by atoms with Gasteiger partial charge < -0.3 is 43.2 Å². The lowest BCUT2D eigenvalue weighted by Crippen LogP contribution is -2.34. The first kappa shape index (κ1) is 40.0. The van der Waals surface area contributed by atoms with Crippen molar-refractivity contribution in [1.29, 1.82) is 0 Å². The second-order valence-electron chi connectivity index (χ2n) is 10.9. The van der Waals surface area contributed by atoms with Crippen molar-refractivity contribution in [3.63, 3.8) is 0 Å². The number of amides is 1. The molecule has 0 spiro atoms. The Bertz CT molecular complexity index is 532. The van der Waals surface area contributed by atoms with E-state index >= 15 is 0 Å². The highest BCUT2D eigenvalue weighted by Crippen LogP contribution is 2.10. The topological polar surface area (TPSA) is 103 Å². The van der Waals surface area contributed by atoms with E-state index in [0.29, 0.717) is 92.4 Å². The molecule has 0 atom stereocenters. The fourth-order valence-corrected chi connectivity index (χ4v) is 3.65. The van der Waals surface area contributed by atoms with Crippen molar-refractivity contribution < 1.29 is 42.7 Å². The third-order valence-corrected chi connectivity index (χ3v) is 5.79. The lowest BCUT2D eigenvalue weighted by molar-refractivity contribution is -0.0205. The van der Waals surface area contributed by atoms with Gasteiger partial charge in [-0.1, -0.05) is 64.7 Å². The van der Waals surface area contributed by atoms with Crippen molar-refractivity contribution in [3.05, 3.63) is 0 Å². The minimum absolute atomic E-state index is 0.395. The first-order valence-electron chi connectivity index (χ1n) is 16.0. The summed E-state index contributed by atoms with van der Waals surface area (Å²) in [6.45, 7) is 15.8. The second-order valence-corrected chi connectivity index (χ2v) is 10.9. The molecular weight excluding hydrogens is 530 g/mol. The van der Waals surface area contributed by atoms with Crippen molar-refractivity contribution >= 4 is 6.09 Å². The van der Waals surface area contributed by atoms with E-state index in [4.69, 9.17) is 37.9 Å². The fraction of sp³-hybridized carbons (Fsp3) is 0.968. The molecule has 10 nitrogen and oxygen atoms in total. The van der Waals surface area contributed by atoms with Crippen molar-refractivity contribution in [1.82, 2.24) is 5.32 Å². The Labute approximate surface area is 250 Å². The van der Waals surface area contributed by atoms with Crippen LogP contribution in [-0.2, 0) is 37.9 Å². The third-order valence-electron chi connectivity index (χ3n) is 5.79. The van der Waals surface area contributed by atoms with Crippen LogP contribution in [0, 0.1) is 0 Å². The van der Waals surface area contributed by atoms with Crippen LogP contribution < -0.4 is 5.32 Å². The van der Waals surface area contributed by atoms with E-state index in [0.717, 1.165) is 13.0 Å². The first-order valence-corrected chi connectivity index (χ1v) is 16.0. The Hall–Kier alpha value is -1.01. The highest BCUT2D eigenvalue weighted by Gasteiger charge is 2.15. The number of hydrogen-bond acceptors (Lipinski definition) is 9. The molecule has 10 heteroatoms. The number of hydrogen-bond donors (Lipinski definition) is 1. The maximum absolute atomic E-state index is 11.5. The molecule has 41 heavy (non-hydrogen) atoms. The molecule has 1 amide bonds. The van der Waals surface area contributed by atoms with Gasteiger partial charge in [0.2, 0.25) is 0 Å². The van der Waals surface area contributed by atoms with Crippen LogP contribution in [0.5, 0.6) is 0 Å². The molecule has 246 valence electrons. The van der Waals surface area contributed by atoms with Crippen molar-refractivity contribution in [2.45, 2.75) is 97.5 Å². The largest absolute Gasteiger partial charge is 0.444 e. The molecule has 0 unspecified atom stereocenters. The monoisotopic (exact) mass is 593 g/mol. The molecule has 0 aliphatic carbocycles. The van der Waals surface area contributed by atoms with Gasteiger partial charge in [-0.15, -0.1) is 0 Å². The maximum atomic E-state index is 11.5. The minimum Gasteiger partial charge on any atom is -0.444 e. The lowest BCUT2D eigenvalue weighted by atomic mass is 10.1. The predicted octanol–water partition coefficient (Wildman–Crippen LogP) is 5.55. The number of carbonyl (C=O) groups excluding carboxylic acids is 1. The van der Waals surface area contributed by atoms with Gasteiger partial charge in [0.15, 0.2) is 0 Å². The van der Waals surface area contributed by atoms with Crippen molar-refractivity contribution in [2.75, 3.05) is 99.0 Å². The van der Waals surface area contributed by atoms with Gasteiger partial charge in [-0.2, -0.15) is 0 Å². The number of unbranched alkanes of at least 4 members (excludes halogenated alkanes) is 9. The SMILES string of the molecule is CCCCCCCCCCCCOCCOCCOCCOCCOCCOCCOCCNC(=O)OC(C)(C)C. The van der Waals surface area contributed by atoms with Gasteiger partial charge in [0.1, 0.15) is 5.60 Å². The van der Waals surface area contributed by atoms with Crippen LogP contribution in [0.25, 0.3) is 0 Å². The normalized spacial score (nSPS) is 11.7. The van der Waals surface area contributed by atoms with Crippen molar-refractivity contribution in [2.24, 2.45) is 0 Å². The fourth-order valence-electron chi connectivity index (χ4n) is 3.65. The Morgan fingerprint density at radius 1 is 0.463 bits per heavy atom. The molecule has 0 aromatic rings. The van der Waals surface area contributed by atoms with Crippen LogP contribution in [-0.4, -0.2) is 111 Å². The molecule has 0 saturated carbocycles. The Morgan fingerprint density at radius 3 is 1.15 bits per heavy atom. The van der Waals surface area contributed by atoms with Crippen LogP contribution in [0.15, 0.2) is 0 Å². The summed E-state index contributed by atoms with van der Waals surface area (Å²) in [4.78, 5) is 11.5. The van der Waals surface area contributed by atoms with Crippen LogP contribution in [0.2, 0.25) is 0 Å². The van der Waals surface area contributed by atoms with E-state index in [1.807, 2.05) is 20.8 Å². The number of carbonyl (C=O) groups is 1. The highest BCUT2D eigenvalue weighted by atomic mass is 16.6. The average Bonchev–Trinajstić information content (AvgIpc) is 2.92. The highest BCUT2D eigenvalue weighted by molar-refractivity contribution is 5.67. The Morgan fingerprint density at radius 2 is 0.780 bits per heavy atom. The van der Waals surface area contributed by atoms with Gasteiger partial charge >= 0.3 is 6.09 Å². The Kier molecular flexibility index (Phi) is 31.1. The Balaban J connectivity index is 3.09. The minimum atomic E-state index is -0.501. The number of ether oxygens (including phenoxy) is 8. The summed E-state index contributed by atoms with van der Waals surface area (Å²) in [5, 5.41) is 2.64. The molecule has 0 bridgehead atoms. The smallest absolute Gasteiger partial charge is 0.407 e. The zero-order valence-corrected chi connectivity index (χ0v) is 26.9. The zero-order valence-electron chi connectivity index (χ0n) is 26.9. The number of alkyl carbamates (subject to hydrolysis) is 1. The molecule has 0 aliphatic rings. The van der Waals surface area contributed by atoms with Gasteiger partial charge in [0.25, 0.3) is 0 Å². The van der Waals surface area contributed by atoms with Crippen LogP contribution >= 0.6 is 0 Å². The summed E-state index contributed by atoms with van der Waals surface area (Å²) >= 11 is 0. The first-order chi connectivity index (χ1) is 20.0. The predicted molar refractivity (Wildman–Crippen MR) is 162 cm³/mol. The summed E-state index contributed by atoms with van der Waals surface area (Å²) in [6, 6.07) is 0. The maximum Gasteiger partial charge on any atom is 0.407 e. The van der Waals surface area contributed by atoms with Gasteiger partial charge in [0, 0.05) is 13.2 Å². The quantitative estimate of drug-likeness (QED) is 0.101. The molecule has 1 N–H and O–H groups in total. The molecule has 0 saturated heterocycles. The number of rotatable bonds is 32. The molecular formula is C31H63NO9. The third kappa shape index (κ3) is 37.0. The van der Waals surface area contributed by atoms with Gasteiger partial charge in [-0.3, -0.25) is 0 Å². The summed E-state index contributed by atoms with van der Waals surface area (Å²) in [5.74, 6) is 0. The molecule has 0 radical (unpaired) electrons. The summed E-state index contributed by atoms with van der Waals surface area (Å²) in [7, 11) is 0. The molecule has 0 fully saturated rings. The summed E-state index contributed by atoms with van der Waals surface area (Å²) in [6.07, 6.45) is 13.0. The van der Waals surface area contributed by atoms with Gasteiger partial charge in [-0.25, -0.2) is 4.79 Å². The lowest BCUT2D eigenvalue weighted by Gasteiger charge is -2.19. The van der Waals surface area contributed by atoms with E-state index < -0.39 is 11.7 Å². The summed E-state index contributed by atoms with van der Waals surface area (Å²) in [5.41, 5.74) is -0.501. The summed E-state index contributed by atoms with van der Waals surface area (Å²) < 4.78 is 43.6. The molecule has 0 aliphatic heterocycles. The van der Waals surface area contributed by atoms with Crippen LogP contribution in [0.1, 0.15) is 91.9 Å². The van der Waals surface area contributed by atoms with E-state index in [1.54, 1.807) is 0 Å². The average molecular weight is 594 g/mol. The van der Waals surface area contributed by atoms with E-state index in [2.05, 4.69) is 12.2 Å². The van der Waals surface area contributed by atoms with E-state index in [1.165, 1.54) is 57.8 Å². The zero-order chi connectivity index (χ0) is 30.1. The van der Waals surface area contributed by atoms with Crippen LogP contribution in [0.3, 0.4) is 0 Å². The molecule has 0 heterocycles. The molecule has 0 rings (SSSR count). The standard InChI is InChI=1S/C31H63NO9/c1-5-6-7-8-9-10-11-12-13-14-16-34-18-20-36-22-24-38-26-28-40-29-27-39-25-23-37-21-19-35-17-15-32-30(33)41-31(2,3)4/h5-29H2,1-4H3,(H,32,33).